The molecular weight excluding hydrogens is 1340 g/mol. The molecule has 0 N–H and O–H groups in total. The number of benzene rings is 16. The van der Waals surface area contributed by atoms with Crippen molar-refractivity contribution in [2.45, 2.75) is 55.4 Å². The van der Waals surface area contributed by atoms with Crippen LogP contribution < -0.4 is 87.4 Å². The predicted octanol–water partition coefficient (Wildman–Crippen LogP) is 14.7. The van der Waals surface area contributed by atoms with Gasteiger partial charge in [0.25, 0.3) is 0 Å². The summed E-state index contributed by atoms with van der Waals surface area (Å²) in [5, 5.41) is 0. The average molecular weight is 1440 g/mol. The molecule has 0 amide bonds. The van der Waals surface area contributed by atoms with Gasteiger partial charge in [-0.15, -0.1) is 0 Å². The summed E-state index contributed by atoms with van der Waals surface area (Å²) in [6, 6.07) is 159. The minimum atomic E-state index is -1.26. The van der Waals surface area contributed by atoms with Gasteiger partial charge >= 0.3 is 21.7 Å². The second-order valence-corrected chi connectivity index (χ2v) is 29.5. The molecule has 0 spiro atoms. The van der Waals surface area contributed by atoms with Crippen LogP contribution in [0.4, 0.5) is 0 Å². The molecule has 0 aliphatic carbocycles. The van der Waals surface area contributed by atoms with Crippen LogP contribution in [0.15, 0.2) is 437 Å². The number of hydrogen-bond acceptors (Lipinski definition) is 0. The minimum absolute atomic E-state index is 0. The quantitative estimate of drug-likeness (QED) is 0.0846. The third kappa shape index (κ3) is 15.4. The average Bonchev–Trinajstić information content (AvgIpc) is 0.751. The Kier molecular flexibility index (Phi) is 25.4. The van der Waals surface area contributed by atoms with E-state index in [1.807, 2.05) is 0 Å². The van der Waals surface area contributed by atoms with E-state index in [2.05, 4.69) is 492 Å². The predicted molar refractivity (Wildman–Crippen MR) is 478 cm³/mol. The van der Waals surface area contributed by atoms with Crippen LogP contribution in [0, 0.1) is 55.4 Å². The molecule has 0 unspecified atom stereocenters. The Hall–Kier alpha value is -11.5. The topological polar surface area (TPSA) is 0 Å². The number of rotatable bonds is 16. The molecule has 0 atom stereocenters. The van der Waals surface area contributed by atoms with Gasteiger partial charge in [0, 0.05) is 0 Å². The normalized spacial score (nSPS) is 11.2. The largest absolute Gasteiger partial charge is 4.00 e. The Balaban J connectivity index is 0.000000135. The van der Waals surface area contributed by atoms with Gasteiger partial charge in [-0.2, -0.15) is 87.4 Å². The van der Waals surface area contributed by atoms with Gasteiger partial charge in [-0.25, -0.2) is 0 Å². The molecule has 0 radical (unpaired) electrons. The summed E-state index contributed by atoms with van der Waals surface area (Å²) in [7, 11) is 0. The van der Waals surface area contributed by atoms with Crippen molar-refractivity contribution in [2.24, 2.45) is 0 Å². The van der Waals surface area contributed by atoms with Gasteiger partial charge in [-0.05, 0) is 55.4 Å². The standard InChI is InChI=1S/4C26H24B.Ti/c4*1-21-13-12-20-26(22(21)2)27(23-14-6-3-7-15-23,24-16-8-4-9-17-24)25-18-10-5-11-19-25;/h4*3-20H,1-2H3;/q4*-1;+4. The fourth-order valence-corrected chi connectivity index (χ4v) is 18.3. The van der Waals surface area contributed by atoms with Crippen LogP contribution in [0.2, 0.25) is 0 Å². The van der Waals surface area contributed by atoms with E-state index < -0.39 is 24.6 Å². The van der Waals surface area contributed by atoms with Gasteiger partial charge in [0.15, 0.2) is 0 Å². The zero-order chi connectivity index (χ0) is 74.8. The van der Waals surface area contributed by atoms with Gasteiger partial charge < -0.3 is 0 Å². The molecule has 0 aromatic heterocycles. The summed E-state index contributed by atoms with van der Waals surface area (Å²) in [6.07, 6.45) is -5.04. The van der Waals surface area contributed by atoms with Crippen molar-refractivity contribution in [2.75, 3.05) is 0 Å². The SMILES string of the molecule is Cc1cccc([B-](c2ccccc2)(c2ccccc2)c2ccccc2)c1C.Cc1cccc([B-](c2ccccc2)(c2ccccc2)c2ccccc2)c1C.Cc1cccc([B-](c2ccccc2)(c2ccccc2)c2ccccc2)c1C.Cc1cccc([B-](c2ccccc2)(c2ccccc2)c2ccccc2)c1C.[Ti+4]. The summed E-state index contributed by atoms with van der Waals surface area (Å²) in [6.45, 7) is 17.9. The Morgan fingerprint density at radius 3 is 0.321 bits per heavy atom. The van der Waals surface area contributed by atoms with E-state index in [9.17, 15) is 0 Å². The molecule has 16 aromatic rings. The van der Waals surface area contributed by atoms with Gasteiger partial charge in [-0.1, -0.05) is 481 Å². The first-order chi connectivity index (χ1) is 53.0. The summed E-state index contributed by atoms with van der Waals surface area (Å²) >= 11 is 0. The fraction of sp³-hybridized carbons (Fsp3) is 0.0769. The van der Waals surface area contributed by atoms with E-state index in [1.54, 1.807) is 0 Å². The van der Waals surface area contributed by atoms with Crippen LogP contribution in [0.3, 0.4) is 0 Å². The van der Waals surface area contributed by atoms with Gasteiger partial charge in [0.1, 0.15) is 24.6 Å². The molecular formula is C104H96B4Ti. The molecule has 16 aromatic carbocycles. The van der Waals surface area contributed by atoms with Crippen molar-refractivity contribution in [3.05, 3.63) is 481 Å². The smallest absolute Gasteiger partial charge is 0.195 e. The van der Waals surface area contributed by atoms with E-state index in [0.717, 1.165) is 0 Å². The number of hydrogen-bond donors (Lipinski definition) is 0. The maximum absolute atomic E-state index is 2.31. The van der Waals surface area contributed by atoms with Crippen LogP contribution >= 0.6 is 0 Å². The first kappa shape index (κ1) is 77.1. The minimum Gasteiger partial charge on any atom is -0.195 e. The van der Waals surface area contributed by atoms with Gasteiger partial charge in [0.2, 0.25) is 0 Å². The van der Waals surface area contributed by atoms with E-state index in [0.29, 0.717) is 0 Å². The summed E-state index contributed by atoms with van der Waals surface area (Å²) in [5.41, 5.74) is 32.6. The molecule has 5 heteroatoms. The van der Waals surface area contributed by atoms with Crippen LogP contribution in [-0.4, -0.2) is 24.6 Å². The monoisotopic (exact) mass is 1440 g/mol. The first-order valence-electron chi connectivity index (χ1n) is 38.5. The Morgan fingerprint density at radius 2 is 0.220 bits per heavy atom. The zero-order valence-corrected chi connectivity index (χ0v) is 65.9. The molecule has 0 aliphatic rings. The fourth-order valence-electron chi connectivity index (χ4n) is 18.3. The van der Waals surface area contributed by atoms with Crippen LogP contribution in [0.1, 0.15) is 44.5 Å². The second kappa shape index (κ2) is 35.9. The Labute approximate surface area is 665 Å². The summed E-state index contributed by atoms with van der Waals surface area (Å²) in [4.78, 5) is 0. The van der Waals surface area contributed by atoms with Crippen molar-refractivity contribution < 1.29 is 21.7 Å². The molecule has 0 fully saturated rings. The molecule has 0 heterocycles. The van der Waals surface area contributed by atoms with E-state index >= 15 is 0 Å². The van der Waals surface area contributed by atoms with Crippen molar-refractivity contribution in [1.82, 2.24) is 0 Å². The maximum atomic E-state index is 2.31. The molecule has 109 heavy (non-hydrogen) atoms. The van der Waals surface area contributed by atoms with Crippen LogP contribution in [0.25, 0.3) is 0 Å². The van der Waals surface area contributed by atoms with Crippen molar-refractivity contribution in [3.8, 4) is 0 Å². The molecule has 0 aliphatic heterocycles. The third-order valence-corrected chi connectivity index (χ3v) is 24.0. The first-order valence-corrected chi connectivity index (χ1v) is 38.5. The Bertz CT molecular complexity index is 4400. The molecule has 0 nitrogen and oxygen atoms in total. The summed E-state index contributed by atoms with van der Waals surface area (Å²) in [5.74, 6) is 0. The van der Waals surface area contributed by atoms with Gasteiger partial charge in [0.05, 0.1) is 0 Å². The molecule has 528 valence electrons. The van der Waals surface area contributed by atoms with Crippen molar-refractivity contribution in [3.63, 3.8) is 0 Å². The molecule has 16 rings (SSSR count). The maximum Gasteiger partial charge on any atom is 4.00 e. The summed E-state index contributed by atoms with van der Waals surface area (Å²) < 4.78 is 0. The van der Waals surface area contributed by atoms with Crippen molar-refractivity contribution >= 4 is 112 Å². The molecule has 0 bridgehead atoms. The van der Waals surface area contributed by atoms with E-state index in [-0.39, 0.29) is 21.7 Å². The molecule has 0 saturated carbocycles. The van der Waals surface area contributed by atoms with Crippen LogP contribution in [0.5, 0.6) is 0 Å². The number of aryl methyl sites for hydroxylation is 4. The molecule has 0 saturated heterocycles. The van der Waals surface area contributed by atoms with E-state index in [4.69, 9.17) is 0 Å². The van der Waals surface area contributed by atoms with E-state index in [1.165, 1.54) is 132 Å². The zero-order valence-electron chi connectivity index (χ0n) is 64.4. The van der Waals surface area contributed by atoms with Crippen LogP contribution in [-0.2, 0) is 21.7 Å². The Morgan fingerprint density at radius 1 is 0.119 bits per heavy atom. The van der Waals surface area contributed by atoms with Gasteiger partial charge in [-0.3, -0.25) is 0 Å². The second-order valence-electron chi connectivity index (χ2n) is 29.5. The van der Waals surface area contributed by atoms with Crippen molar-refractivity contribution in [1.29, 1.82) is 0 Å². The third-order valence-electron chi connectivity index (χ3n) is 24.0.